The molecule has 9 heteroatoms. The fraction of sp³-hybridized carbons (Fsp3) is 0.917. The minimum Gasteiger partial charge on any atom is -0.378 e. The number of carbonyl (C=O) groups excluding carboxylic acids is 1. The van der Waals surface area contributed by atoms with E-state index in [1.165, 1.54) is 0 Å². The molecule has 0 aromatic rings. The van der Waals surface area contributed by atoms with Gasteiger partial charge in [0.1, 0.15) is 0 Å². The Labute approximate surface area is 136 Å². The summed E-state index contributed by atoms with van der Waals surface area (Å²) in [6, 6.07) is 0.0837. The number of ether oxygens (including phenoxy) is 1. The molecule has 2 fully saturated rings. The Morgan fingerprint density at radius 3 is 2.43 bits per heavy atom. The first kappa shape index (κ1) is 20.8. The SMILES string of the molecule is Cl.Cl.O=C(CC1COCCN1)N1CCN(CC(F)F)CC1. The minimum absolute atomic E-state index is 0. The van der Waals surface area contributed by atoms with Crippen molar-refractivity contribution in [1.29, 1.82) is 0 Å². The van der Waals surface area contributed by atoms with E-state index in [9.17, 15) is 13.6 Å². The minimum atomic E-state index is -2.30. The fourth-order valence-electron chi connectivity index (χ4n) is 2.47. The molecule has 0 aromatic carbocycles. The molecule has 2 saturated heterocycles. The van der Waals surface area contributed by atoms with E-state index in [0.717, 1.165) is 6.54 Å². The highest BCUT2D eigenvalue weighted by Crippen LogP contribution is 2.08. The van der Waals surface area contributed by atoms with E-state index in [2.05, 4.69) is 5.32 Å². The van der Waals surface area contributed by atoms with E-state index in [4.69, 9.17) is 4.74 Å². The molecule has 0 aromatic heterocycles. The Morgan fingerprint density at radius 2 is 1.90 bits per heavy atom. The molecule has 0 aliphatic carbocycles. The van der Waals surface area contributed by atoms with Crippen molar-refractivity contribution >= 4 is 30.7 Å². The van der Waals surface area contributed by atoms with Gasteiger partial charge in [-0.1, -0.05) is 0 Å². The van der Waals surface area contributed by atoms with Gasteiger partial charge in [0.2, 0.25) is 5.91 Å². The predicted octanol–water partition coefficient (Wildman–Crippen LogP) is 0.618. The number of hydrogen-bond acceptors (Lipinski definition) is 4. The number of hydrogen-bond donors (Lipinski definition) is 1. The Kier molecular flexibility index (Phi) is 10.4. The lowest BCUT2D eigenvalue weighted by molar-refractivity contribution is -0.134. The van der Waals surface area contributed by atoms with Gasteiger partial charge in [0.25, 0.3) is 6.43 Å². The molecular formula is C12H23Cl2F2N3O2. The highest BCUT2D eigenvalue weighted by molar-refractivity contribution is 5.85. The van der Waals surface area contributed by atoms with Crippen molar-refractivity contribution in [3.63, 3.8) is 0 Å². The second-order valence-corrected chi connectivity index (χ2v) is 5.00. The van der Waals surface area contributed by atoms with Crippen LogP contribution in [0, 0.1) is 0 Å². The van der Waals surface area contributed by atoms with Gasteiger partial charge in [0.15, 0.2) is 0 Å². The summed E-state index contributed by atoms with van der Waals surface area (Å²) in [6.45, 7) is 3.99. The van der Waals surface area contributed by atoms with E-state index >= 15 is 0 Å². The number of nitrogens with one attached hydrogen (secondary N) is 1. The van der Waals surface area contributed by atoms with Crippen LogP contribution in [0.4, 0.5) is 8.78 Å². The van der Waals surface area contributed by atoms with Crippen LogP contribution in [-0.4, -0.2) is 80.7 Å². The van der Waals surface area contributed by atoms with Crippen LogP contribution in [0.15, 0.2) is 0 Å². The van der Waals surface area contributed by atoms with Gasteiger partial charge in [-0.2, -0.15) is 0 Å². The molecule has 0 spiro atoms. The van der Waals surface area contributed by atoms with Gasteiger partial charge >= 0.3 is 0 Å². The summed E-state index contributed by atoms with van der Waals surface area (Å²) in [6.07, 6.45) is -1.87. The van der Waals surface area contributed by atoms with Gasteiger partial charge in [-0.05, 0) is 0 Å². The number of nitrogens with zero attached hydrogens (tertiary/aromatic N) is 2. The summed E-state index contributed by atoms with van der Waals surface area (Å²) in [5.74, 6) is 0.0831. The first-order valence-corrected chi connectivity index (χ1v) is 6.74. The smallest absolute Gasteiger partial charge is 0.251 e. The Bertz CT molecular complexity index is 300. The first-order chi connectivity index (χ1) is 9.15. The van der Waals surface area contributed by atoms with Gasteiger partial charge in [0, 0.05) is 45.2 Å². The molecule has 1 amide bonds. The number of alkyl halides is 2. The zero-order chi connectivity index (χ0) is 13.7. The van der Waals surface area contributed by atoms with Gasteiger partial charge in [0.05, 0.1) is 19.8 Å². The maximum Gasteiger partial charge on any atom is 0.251 e. The maximum atomic E-state index is 12.2. The molecule has 2 heterocycles. The number of halogens is 4. The largest absolute Gasteiger partial charge is 0.378 e. The molecule has 1 unspecified atom stereocenters. The van der Waals surface area contributed by atoms with Crippen molar-refractivity contribution in [1.82, 2.24) is 15.1 Å². The zero-order valence-electron chi connectivity index (χ0n) is 11.8. The van der Waals surface area contributed by atoms with Crippen LogP contribution in [-0.2, 0) is 9.53 Å². The molecule has 1 N–H and O–H groups in total. The third kappa shape index (κ3) is 7.06. The average molecular weight is 350 g/mol. The Hall–Kier alpha value is -0.210. The number of piperazine rings is 1. The molecule has 1 atom stereocenters. The number of amides is 1. The third-order valence-corrected chi connectivity index (χ3v) is 3.54. The van der Waals surface area contributed by atoms with E-state index in [0.29, 0.717) is 45.8 Å². The van der Waals surface area contributed by atoms with Crippen molar-refractivity contribution in [3.8, 4) is 0 Å². The third-order valence-electron chi connectivity index (χ3n) is 3.54. The van der Waals surface area contributed by atoms with E-state index in [1.807, 2.05) is 0 Å². The van der Waals surface area contributed by atoms with Crippen molar-refractivity contribution in [3.05, 3.63) is 0 Å². The van der Waals surface area contributed by atoms with Crippen LogP contribution in [0.2, 0.25) is 0 Å². The lowest BCUT2D eigenvalue weighted by Crippen LogP contribution is -2.51. The number of carbonyl (C=O) groups is 1. The van der Waals surface area contributed by atoms with E-state index < -0.39 is 6.43 Å². The summed E-state index contributed by atoms with van der Waals surface area (Å²) in [5.41, 5.74) is 0. The van der Waals surface area contributed by atoms with E-state index in [1.54, 1.807) is 9.80 Å². The lowest BCUT2D eigenvalue weighted by Gasteiger charge is -2.35. The van der Waals surface area contributed by atoms with Crippen LogP contribution < -0.4 is 5.32 Å². The van der Waals surface area contributed by atoms with Gasteiger partial charge in [-0.3, -0.25) is 9.69 Å². The molecule has 0 radical (unpaired) electrons. The van der Waals surface area contributed by atoms with Crippen molar-refractivity contribution in [2.24, 2.45) is 0 Å². The second-order valence-electron chi connectivity index (χ2n) is 5.00. The summed E-state index contributed by atoms with van der Waals surface area (Å²) >= 11 is 0. The summed E-state index contributed by atoms with van der Waals surface area (Å²) in [5, 5.41) is 3.24. The van der Waals surface area contributed by atoms with Crippen LogP contribution >= 0.6 is 24.8 Å². The van der Waals surface area contributed by atoms with Crippen molar-refractivity contribution < 1.29 is 18.3 Å². The van der Waals surface area contributed by atoms with Gasteiger partial charge in [-0.15, -0.1) is 24.8 Å². The molecular weight excluding hydrogens is 327 g/mol. The summed E-state index contributed by atoms with van der Waals surface area (Å²) in [4.78, 5) is 15.5. The highest BCUT2D eigenvalue weighted by Gasteiger charge is 2.25. The van der Waals surface area contributed by atoms with E-state index in [-0.39, 0.29) is 43.3 Å². The monoisotopic (exact) mass is 349 g/mol. The highest BCUT2D eigenvalue weighted by atomic mass is 35.5. The first-order valence-electron chi connectivity index (χ1n) is 6.74. The Morgan fingerprint density at radius 1 is 1.24 bits per heavy atom. The molecule has 0 bridgehead atoms. The molecule has 5 nitrogen and oxygen atoms in total. The molecule has 126 valence electrons. The second kappa shape index (κ2) is 10.5. The standard InChI is InChI=1S/C12H21F2N3O2.2ClH/c13-11(14)8-16-2-4-17(5-3-16)12(18)7-10-9-19-6-1-15-10;;/h10-11,15H,1-9H2;2*1H. The predicted molar refractivity (Wildman–Crippen MR) is 80.7 cm³/mol. The molecule has 2 rings (SSSR count). The molecule has 21 heavy (non-hydrogen) atoms. The van der Waals surface area contributed by atoms with Crippen LogP contribution in [0.3, 0.4) is 0 Å². The lowest BCUT2D eigenvalue weighted by atomic mass is 10.1. The maximum absolute atomic E-state index is 12.2. The number of rotatable bonds is 4. The fourth-order valence-corrected chi connectivity index (χ4v) is 2.47. The number of morpholine rings is 1. The molecule has 2 aliphatic rings. The summed E-state index contributed by atoms with van der Waals surface area (Å²) in [7, 11) is 0. The zero-order valence-corrected chi connectivity index (χ0v) is 13.4. The average Bonchev–Trinajstić information content (AvgIpc) is 2.40. The quantitative estimate of drug-likeness (QED) is 0.808. The van der Waals surface area contributed by atoms with Gasteiger partial charge in [-0.25, -0.2) is 8.78 Å². The Balaban J connectivity index is 0.00000200. The molecule has 0 saturated carbocycles. The van der Waals surface area contributed by atoms with Crippen LogP contribution in [0.5, 0.6) is 0 Å². The van der Waals surface area contributed by atoms with Gasteiger partial charge < -0.3 is 15.0 Å². The molecule has 2 aliphatic heterocycles. The topological polar surface area (TPSA) is 44.8 Å². The van der Waals surface area contributed by atoms with Crippen molar-refractivity contribution in [2.75, 3.05) is 52.5 Å². The van der Waals surface area contributed by atoms with Crippen molar-refractivity contribution in [2.45, 2.75) is 18.9 Å². The summed E-state index contributed by atoms with van der Waals surface area (Å²) < 4.78 is 29.8. The van der Waals surface area contributed by atoms with Crippen LogP contribution in [0.1, 0.15) is 6.42 Å². The van der Waals surface area contributed by atoms with Crippen LogP contribution in [0.25, 0.3) is 0 Å². The normalized spacial score (nSPS) is 23.4.